The van der Waals surface area contributed by atoms with E-state index >= 15 is 0 Å². The van der Waals surface area contributed by atoms with Crippen molar-refractivity contribution in [2.75, 3.05) is 13.1 Å². The van der Waals surface area contributed by atoms with E-state index in [0.29, 0.717) is 6.54 Å². The van der Waals surface area contributed by atoms with Crippen molar-refractivity contribution in [3.05, 3.63) is 30.1 Å². The first kappa shape index (κ1) is 14.1. The summed E-state index contributed by atoms with van der Waals surface area (Å²) < 4.78 is 2.22. The van der Waals surface area contributed by atoms with Gasteiger partial charge in [0, 0.05) is 13.1 Å². The number of aryl methyl sites for hydroxylation is 2. The summed E-state index contributed by atoms with van der Waals surface area (Å²) in [5.41, 5.74) is 2.20. The summed E-state index contributed by atoms with van der Waals surface area (Å²) in [6.45, 7) is 4.58. The lowest BCUT2D eigenvalue weighted by Gasteiger charge is -2.11. The Bertz CT molecular complexity index is 628. The van der Waals surface area contributed by atoms with Crippen LogP contribution in [0.5, 0.6) is 0 Å². The number of hydrogen-bond acceptors (Lipinski definition) is 3. The van der Waals surface area contributed by atoms with E-state index in [4.69, 9.17) is 0 Å². The van der Waals surface area contributed by atoms with E-state index in [2.05, 4.69) is 26.3 Å². The second-order valence-corrected chi connectivity index (χ2v) is 5.59. The number of imidazole rings is 1. The summed E-state index contributed by atoms with van der Waals surface area (Å²) in [5.74, 6) is 1.17. The Labute approximate surface area is 124 Å². The van der Waals surface area contributed by atoms with Gasteiger partial charge < -0.3 is 15.2 Å². The van der Waals surface area contributed by atoms with E-state index < -0.39 is 0 Å². The lowest BCUT2D eigenvalue weighted by molar-refractivity contribution is -0.122. The van der Waals surface area contributed by atoms with Gasteiger partial charge in [0.1, 0.15) is 5.82 Å². The molecule has 3 rings (SSSR count). The minimum atomic E-state index is 0.0146. The SMILES string of the molecule is Cc1nc2ccccc2n1CCCNC(=O)C1CCCN1. The first-order chi connectivity index (χ1) is 10.3. The van der Waals surface area contributed by atoms with Gasteiger partial charge >= 0.3 is 0 Å². The Hall–Kier alpha value is -1.88. The first-order valence-corrected chi connectivity index (χ1v) is 7.68. The highest BCUT2D eigenvalue weighted by Gasteiger charge is 2.21. The summed E-state index contributed by atoms with van der Waals surface area (Å²) in [5, 5.41) is 6.24. The van der Waals surface area contributed by atoms with Crippen LogP contribution in [0.1, 0.15) is 25.1 Å². The van der Waals surface area contributed by atoms with Crippen molar-refractivity contribution >= 4 is 16.9 Å². The number of hydrogen-bond donors (Lipinski definition) is 2. The van der Waals surface area contributed by atoms with Crippen LogP contribution >= 0.6 is 0 Å². The molecule has 0 aliphatic carbocycles. The molecule has 1 unspecified atom stereocenters. The molecule has 2 N–H and O–H groups in total. The van der Waals surface area contributed by atoms with Crippen molar-refractivity contribution < 1.29 is 4.79 Å². The third-order valence-electron chi connectivity index (χ3n) is 4.08. The summed E-state index contributed by atoms with van der Waals surface area (Å²) in [7, 11) is 0. The lowest BCUT2D eigenvalue weighted by atomic mass is 10.2. The highest BCUT2D eigenvalue weighted by atomic mass is 16.2. The molecule has 0 radical (unpaired) electrons. The van der Waals surface area contributed by atoms with Crippen LogP contribution in [-0.4, -0.2) is 34.6 Å². The van der Waals surface area contributed by atoms with Gasteiger partial charge in [-0.3, -0.25) is 4.79 Å². The van der Waals surface area contributed by atoms with Gasteiger partial charge in [0.2, 0.25) is 5.91 Å². The van der Waals surface area contributed by atoms with Crippen molar-refractivity contribution in [3.63, 3.8) is 0 Å². The maximum Gasteiger partial charge on any atom is 0.237 e. The number of benzene rings is 1. The maximum atomic E-state index is 11.9. The molecule has 1 aliphatic heterocycles. The van der Waals surface area contributed by atoms with Crippen LogP contribution in [0, 0.1) is 6.92 Å². The van der Waals surface area contributed by atoms with Crippen LogP contribution in [0.15, 0.2) is 24.3 Å². The van der Waals surface area contributed by atoms with Crippen LogP contribution in [0.2, 0.25) is 0 Å². The second kappa shape index (κ2) is 6.26. The van der Waals surface area contributed by atoms with Gasteiger partial charge in [0.15, 0.2) is 0 Å². The summed E-state index contributed by atoms with van der Waals surface area (Å²) in [4.78, 5) is 16.4. The number of aromatic nitrogens is 2. The molecule has 0 saturated carbocycles. The quantitative estimate of drug-likeness (QED) is 0.821. The van der Waals surface area contributed by atoms with Crippen molar-refractivity contribution in [1.82, 2.24) is 20.2 Å². The molecule has 2 aromatic rings. The smallest absolute Gasteiger partial charge is 0.237 e. The minimum absolute atomic E-state index is 0.0146. The zero-order valence-corrected chi connectivity index (χ0v) is 12.4. The van der Waals surface area contributed by atoms with Crippen LogP contribution in [-0.2, 0) is 11.3 Å². The van der Waals surface area contributed by atoms with Crippen molar-refractivity contribution in [3.8, 4) is 0 Å². The van der Waals surface area contributed by atoms with Crippen LogP contribution in [0.3, 0.4) is 0 Å². The largest absolute Gasteiger partial charge is 0.355 e. The zero-order chi connectivity index (χ0) is 14.7. The Morgan fingerprint density at radius 3 is 3.14 bits per heavy atom. The van der Waals surface area contributed by atoms with Gasteiger partial charge in [-0.15, -0.1) is 0 Å². The predicted octanol–water partition coefficient (Wildman–Crippen LogP) is 1.60. The van der Waals surface area contributed by atoms with Gasteiger partial charge in [-0.05, 0) is 44.9 Å². The van der Waals surface area contributed by atoms with E-state index in [-0.39, 0.29) is 11.9 Å². The first-order valence-electron chi connectivity index (χ1n) is 7.68. The minimum Gasteiger partial charge on any atom is -0.355 e. The van der Waals surface area contributed by atoms with E-state index in [0.717, 1.165) is 43.7 Å². The predicted molar refractivity (Wildman–Crippen MR) is 83.1 cm³/mol. The molecule has 1 aliphatic rings. The Balaban J connectivity index is 1.52. The van der Waals surface area contributed by atoms with Crippen molar-refractivity contribution in [2.24, 2.45) is 0 Å². The van der Waals surface area contributed by atoms with E-state index in [1.54, 1.807) is 0 Å². The molecule has 1 saturated heterocycles. The molecule has 1 aromatic carbocycles. The van der Waals surface area contributed by atoms with E-state index in [1.165, 1.54) is 5.52 Å². The Morgan fingerprint density at radius 2 is 2.33 bits per heavy atom. The third kappa shape index (κ3) is 3.08. The van der Waals surface area contributed by atoms with Crippen LogP contribution in [0.4, 0.5) is 0 Å². The van der Waals surface area contributed by atoms with Gasteiger partial charge in [0.25, 0.3) is 0 Å². The number of fused-ring (bicyclic) bond motifs is 1. The van der Waals surface area contributed by atoms with Crippen molar-refractivity contribution in [1.29, 1.82) is 0 Å². The average molecular weight is 286 g/mol. The van der Waals surface area contributed by atoms with Gasteiger partial charge in [-0.25, -0.2) is 4.98 Å². The standard InChI is InChI=1S/C16H22N4O/c1-12-19-13-6-2-3-8-15(13)20(12)11-5-10-18-16(21)14-7-4-9-17-14/h2-3,6,8,14,17H,4-5,7,9-11H2,1H3,(H,18,21). The molecular formula is C16H22N4O. The number of para-hydroxylation sites is 2. The van der Waals surface area contributed by atoms with E-state index in [9.17, 15) is 4.79 Å². The van der Waals surface area contributed by atoms with Gasteiger partial charge in [0.05, 0.1) is 17.1 Å². The fourth-order valence-electron chi connectivity index (χ4n) is 2.96. The second-order valence-electron chi connectivity index (χ2n) is 5.59. The number of carbonyl (C=O) groups excluding carboxylic acids is 1. The Morgan fingerprint density at radius 1 is 1.48 bits per heavy atom. The molecule has 5 nitrogen and oxygen atoms in total. The van der Waals surface area contributed by atoms with Gasteiger partial charge in [-0.2, -0.15) is 0 Å². The molecule has 2 heterocycles. The summed E-state index contributed by atoms with van der Waals surface area (Å²) >= 11 is 0. The van der Waals surface area contributed by atoms with E-state index in [1.807, 2.05) is 25.1 Å². The molecular weight excluding hydrogens is 264 g/mol. The fourth-order valence-corrected chi connectivity index (χ4v) is 2.96. The number of amides is 1. The van der Waals surface area contributed by atoms with Crippen molar-refractivity contribution in [2.45, 2.75) is 38.8 Å². The highest BCUT2D eigenvalue weighted by molar-refractivity contribution is 5.82. The number of nitrogens with zero attached hydrogens (tertiary/aromatic N) is 2. The summed E-state index contributed by atoms with van der Waals surface area (Å²) in [6.07, 6.45) is 2.97. The molecule has 21 heavy (non-hydrogen) atoms. The molecule has 1 fully saturated rings. The molecule has 0 bridgehead atoms. The number of nitrogens with one attached hydrogen (secondary N) is 2. The molecule has 5 heteroatoms. The maximum absolute atomic E-state index is 11.9. The summed E-state index contributed by atoms with van der Waals surface area (Å²) in [6, 6.07) is 8.19. The van der Waals surface area contributed by atoms with Gasteiger partial charge in [-0.1, -0.05) is 12.1 Å². The number of rotatable bonds is 5. The topological polar surface area (TPSA) is 59.0 Å². The molecule has 1 atom stereocenters. The monoisotopic (exact) mass is 286 g/mol. The fraction of sp³-hybridized carbons (Fsp3) is 0.500. The molecule has 0 spiro atoms. The molecule has 1 aromatic heterocycles. The third-order valence-corrected chi connectivity index (χ3v) is 4.08. The van der Waals surface area contributed by atoms with Crippen LogP contribution < -0.4 is 10.6 Å². The molecule has 1 amide bonds. The highest BCUT2D eigenvalue weighted by Crippen LogP contribution is 2.15. The lowest BCUT2D eigenvalue weighted by Crippen LogP contribution is -2.40. The normalized spacial score (nSPS) is 18.2. The Kier molecular flexibility index (Phi) is 4.20. The molecule has 112 valence electrons. The zero-order valence-electron chi connectivity index (χ0n) is 12.4. The van der Waals surface area contributed by atoms with Crippen LogP contribution in [0.25, 0.3) is 11.0 Å². The number of carbonyl (C=O) groups is 1. The average Bonchev–Trinajstić information content (AvgIpc) is 3.11.